The first-order chi connectivity index (χ1) is 13.8. The lowest BCUT2D eigenvalue weighted by Gasteiger charge is -2.25. The van der Waals surface area contributed by atoms with Crippen LogP contribution in [0.3, 0.4) is 0 Å². The Morgan fingerprint density at radius 1 is 1.21 bits per heavy atom. The Hall–Kier alpha value is -2.78. The molecule has 2 aromatic rings. The highest BCUT2D eigenvalue weighted by atomic mass is 16.5. The SMILES string of the molecule is CO[C@@H](CCC(C)C)C(=O)N(O)C(=O)N(CCc1ccccc1)c1nc(C)no1. The fourth-order valence-corrected chi connectivity index (χ4v) is 2.73. The number of rotatable bonds is 9. The third-order valence-electron chi connectivity index (χ3n) is 4.40. The fourth-order valence-electron chi connectivity index (χ4n) is 2.73. The zero-order chi connectivity index (χ0) is 21.4. The van der Waals surface area contributed by atoms with Gasteiger partial charge in [0.05, 0.1) is 0 Å². The van der Waals surface area contributed by atoms with E-state index in [-0.39, 0.29) is 17.6 Å². The van der Waals surface area contributed by atoms with Crippen LogP contribution in [0.1, 0.15) is 38.1 Å². The van der Waals surface area contributed by atoms with Gasteiger partial charge in [-0.15, -0.1) is 5.06 Å². The van der Waals surface area contributed by atoms with Gasteiger partial charge in [-0.25, -0.2) is 9.69 Å². The van der Waals surface area contributed by atoms with Crippen molar-refractivity contribution >= 4 is 18.0 Å². The number of nitrogens with zero attached hydrogens (tertiary/aromatic N) is 4. The highest BCUT2D eigenvalue weighted by molar-refractivity contribution is 6.01. The maximum absolute atomic E-state index is 12.9. The molecule has 1 N–H and O–H groups in total. The quantitative estimate of drug-likeness (QED) is 0.505. The first kappa shape index (κ1) is 22.5. The Balaban J connectivity index is 2.15. The summed E-state index contributed by atoms with van der Waals surface area (Å²) < 4.78 is 10.3. The number of anilines is 1. The third-order valence-corrected chi connectivity index (χ3v) is 4.40. The van der Waals surface area contributed by atoms with E-state index in [1.807, 2.05) is 44.2 Å². The van der Waals surface area contributed by atoms with Crippen molar-refractivity contribution in [3.05, 3.63) is 41.7 Å². The molecule has 9 heteroatoms. The summed E-state index contributed by atoms with van der Waals surface area (Å²) in [6.07, 6.45) is 0.650. The molecule has 0 radical (unpaired) electrons. The molecule has 9 nitrogen and oxygen atoms in total. The van der Waals surface area contributed by atoms with Crippen LogP contribution >= 0.6 is 0 Å². The van der Waals surface area contributed by atoms with Crippen LogP contribution in [0.4, 0.5) is 10.8 Å². The van der Waals surface area contributed by atoms with Crippen LogP contribution in [0.25, 0.3) is 0 Å². The van der Waals surface area contributed by atoms with Crippen LogP contribution in [-0.4, -0.2) is 52.1 Å². The van der Waals surface area contributed by atoms with Crippen molar-refractivity contribution in [2.24, 2.45) is 5.92 Å². The second-order valence-corrected chi connectivity index (χ2v) is 7.14. The van der Waals surface area contributed by atoms with Crippen LogP contribution in [0.5, 0.6) is 0 Å². The molecule has 1 aromatic carbocycles. The lowest BCUT2D eigenvalue weighted by atomic mass is 10.0. The van der Waals surface area contributed by atoms with Gasteiger partial charge in [-0.2, -0.15) is 4.98 Å². The smallest absolute Gasteiger partial charge is 0.359 e. The summed E-state index contributed by atoms with van der Waals surface area (Å²) in [5.41, 5.74) is 0.976. The molecule has 0 unspecified atom stereocenters. The van der Waals surface area contributed by atoms with E-state index >= 15 is 0 Å². The molecule has 0 aliphatic carbocycles. The monoisotopic (exact) mass is 404 g/mol. The number of aromatic nitrogens is 2. The van der Waals surface area contributed by atoms with E-state index in [0.29, 0.717) is 31.0 Å². The largest absolute Gasteiger partial charge is 0.372 e. The van der Waals surface area contributed by atoms with Crippen molar-refractivity contribution in [2.75, 3.05) is 18.6 Å². The van der Waals surface area contributed by atoms with Crippen LogP contribution in [0.15, 0.2) is 34.9 Å². The van der Waals surface area contributed by atoms with Gasteiger partial charge in [-0.1, -0.05) is 49.3 Å². The van der Waals surface area contributed by atoms with E-state index in [1.165, 1.54) is 7.11 Å². The van der Waals surface area contributed by atoms with Gasteiger partial charge in [0.15, 0.2) is 5.82 Å². The first-order valence-corrected chi connectivity index (χ1v) is 9.54. The minimum atomic E-state index is -0.971. The normalized spacial score (nSPS) is 12.1. The fraction of sp³-hybridized carbons (Fsp3) is 0.500. The Morgan fingerprint density at radius 3 is 2.45 bits per heavy atom. The zero-order valence-electron chi connectivity index (χ0n) is 17.2. The summed E-state index contributed by atoms with van der Waals surface area (Å²) >= 11 is 0. The molecule has 0 saturated heterocycles. The van der Waals surface area contributed by atoms with E-state index in [4.69, 9.17) is 9.26 Å². The second kappa shape index (κ2) is 10.7. The molecule has 158 valence electrons. The van der Waals surface area contributed by atoms with Crippen molar-refractivity contribution in [1.82, 2.24) is 15.2 Å². The van der Waals surface area contributed by atoms with E-state index in [1.54, 1.807) is 6.92 Å². The maximum Gasteiger partial charge on any atom is 0.359 e. The molecule has 0 fully saturated rings. The van der Waals surface area contributed by atoms with Crippen molar-refractivity contribution < 1.29 is 24.1 Å². The average molecular weight is 404 g/mol. The number of methoxy groups -OCH3 is 1. The number of urea groups is 1. The molecule has 2 rings (SSSR count). The van der Waals surface area contributed by atoms with Crippen molar-refractivity contribution in [1.29, 1.82) is 0 Å². The van der Waals surface area contributed by atoms with Crippen LogP contribution in [0, 0.1) is 12.8 Å². The second-order valence-electron chi connectivity index (χ2n) is 7.14. The van der Waals surface area contributed by atoms with E-state index in [0.717, 1.165) is 10.5 Å². The highest BCUT2D eigenvalue weighted by Crippen LogP contribution is 2.17. The molecule has 0 spiro atoms. The molecular weight excluding hydrogens is 376 g/mol. The number of ether oxygens (including phenoxy) is 1. The molecule has 1 atom stereocenters. The summed E-state index contributed by atoms with van der Waals surface area (Å²) in [7, 11) is 1.37. The van der Waals surface area contributed by atoms with Crippen molar-refractivity contribution in [3.8, 4) is 0 Å². The summed E-state index contributed by atoms with van der Waals surface area (Å²) in [4.78, 5) is 30.6. The molecule has 3 amide bonds. The van der Waals surface area contributed by atoms with Gasteiger partial charge in [0, 0.05) is 13.7 Å². The molecule has 0 aliphatic rings. The predicted octanol–water partition coefficient (Wildman–Crippen LogP) is 3.22. The number of hydroxylamine groups is 2. The van der Waals surface area contributed by atoms with Gasteiger partial charge in [-0.3, -0.25) is 10.0 Å². The lowest BCUT2D eigenvalue weighted by molar-refractivity contribution is -0.164. The van der Waals surface area contributed by atoms with E-state index < -0.39 is 18.0 Å². The average Bonchev–Trinajstić information content (AvgIpc) is 3.14. The molecule has 1 aromatic heterocycles. The summed E-state index contributed by atoms with van der Waals surface area (Å²) in [5, 5.41) is 14.1. The van der Waals surface area contributed by atoms with Gasteiger partial charge in [0.1, 0.15) is 6.10 Å². The molecular formula is C20H28N4O5. The van der Waals surface area contributed by atoms with Crippen LogP contribution in [-0.2, 0) is 16.0 Å². The number of imide groups is 1. The standard InChI is InChI=1S/C20H28N4O5/c1-14(2)10-11-17(28-4)18(25)24(27)20(26)23(19-21-15(3)22-29-19)13-12-16-8-6-5-7-9-16/h5-9,14,17,27H,10-13H2,1-4H3/t17-/m0/s1. The predicted molar refractivity (Wildman–Crippen MR) is 105 cm³/mol. The number of carbonyl (C=O) groups is 2. The number of hydrogen-bond donors (Lipinski definition) is 1. The number of hydrogen-bond acceptors (Lipinski definition) is 7. The van der Waals surface area contributed by atoms with E-state index in [9.17, 15) is 14.8 Å². The number of carbonyl (C=O) groups excluding carboxylic acids is 2. The number of amides is 3. The Kier molecular flexibility index (Phi) is 8.29. The minimum Gasteiger partial charge on any atom is -0.372 e. The van der Waals surface area contributed by atoms with Crippen LogP contribution < -0.4 is 4.90 Å². The number of aryl methyl sites for hydroxylation is 1. The molecule has 0 bridgehead atoms. The van der Waals surface area contributed by atoms with Gasteiger partial charge in [-0.05, 0) is 37.7 Å². The van der Waals surface area contributed by atoms with E-state index in [2.05, 4.69) is 10.1 Å². The summed E-state index contributed by atoms with van der Waals surface area (Å²) in [6.45, 7) is 5.78. The Bertz CT molecular complexity index is 793. The van der Waals surface area contributed by atoms with Gasteiger partial charge in [0.25, 0.3) is 5.91 Å². The first-order valence-electron chi connectivity index (χ1n) is 9.54. The Morgan fingerprint density at radius 2 is 1.90 bits per heavy atom. The third kappa shape index (κ3) is 6.37. The molecule has 29 heavy (non-hydrogen) atoms. The maximum atomic E-state index is 12.9. The van der Waals surface area contributed by atoms with Gasteiger partial charge < -0.3 is 9.26 Å². The minimum absolute atomic E-state index is 0.0685. The lowest BCUT2D eigenvalue weighted by Crippen LogP contribution is -2.49. The van der Waals surface area contributed by atoms with Gasteiger partial charge >= 0.3 is 12.0 Å². The van der Waals surface area contributed by atoms with Gasteiger partial charge in [0.2, 0.25) is 0 Å². The summed E-state index contributed by atoms with van der Waals surface area (Å²) in [6, 6.07) is 8.43. The molecule has 0 saturated carbocycles. The Labute approximate surface area is 170 Å². The van der Waals surface area contributed by atoms with Crippen molar-refractivity contribution in [2.45, 2.75) is 46.1 Å². The summed E-state index contributed by atoms with van der Waals surface area (Å²) in [5.74, 6) is -0.147. The van der Waals surface area contributed by atoms with Crippen LogP contribution in [0.2, 0.25) is 0 Å². The van der Waals surface area contributed by atoms with Crippen molar-refractivity contribution in [3.63, 3.8) is 0 Å². The number of benzene rings is 1. The molecule has 0 aliphatic heterocycles. The zero-order valence-corrected chi connectivity index (χ0v) is 17.2. The highest BCUT2D eigenvalue weighted by Gasteiger charge is 2.33. The topological polar surface area (TPSA) is 109 Å². The molecule has 1 heterocycles.